The molecule has 24 heavy (non-hydrogen) atoms. The van der Waals surface area contributed by atoms with E-state index in [0.717, 1.165) is 24.2 Å². The van der Waals surface area contributed by atoms with Gasteiger partial charge in [-0.2, -0.15) is 0 Å². The number of aryl methyl sites for hydroxylation is 2. The number of carbonyl (C=O) groups excluding carboxylic acids is 2. The molecule has 130 valence electrons. The first kappa shape index (κ1) is 16.5. The quantitative estimate of drug-likeness (QED) is 0.814. The highest BCUT2D eigenvalue weighted by Gasteiger charge is 2.30. The summed E-state index contributed by atoms with van der Waals surface area (Å²) in [5.74, 6) is -0.0801. The van der Waals surface area contributed by atoms with E-state index in [1.165, 1.54) is 4.90 Å². The Balaban J connectivity index is 1.57. The van der Waals surface area contributed by atoms with E-state index in [1.54, 1.807) is 4.90 Å². The summed E-state index contributed by atoms with van der Waals surface area (Å²) in [5.41, 5.74) is 1.71. The molecule has 2 aliphatic rings. The predicted molar refractivity (Wildman–Crippen MR) is 84.7 cm³/mol. The number of amides is 2. The standard InChI is InChI=1S/C16H22N4O4/c1-11-8-12(2)18-15(17-11)24-13-4-3-5-19(9-13)14(21)10-20-6-7-23-16(20)22/h8,13H,3-7,9-10H2,1-2H3/t13-/m0/s1. The van der Waals surface area contributed by atoms with Crippen LogP contribution in [0.25, 0.3) is 0 Å². The maximum absolute atomic E-state index is 12.4. The molecule has 1 aromatic heterocycles. The molecule has 8 heteroatoms. The number of piperidine rings is 1. The molecule has 8 nitrogen and oxygen atoms in total. The number of aromatic nitrogens is 2. The third-order valence-electron chi connectivity index (χ3n) is 4.14. The number of carbonyl (C=O) groups is 2. The van der Waals surface area contributed by atoms with Crippen LogP contribution in [0.2, 0.25) is 0 Å². The number of hydrogen-bond donors (Lipinski definition) is 0. The molecule has 0 N–H and O–H groups in total. The average molecular weight is 334 g/mol. The second kappa shape index (κ2) is 7.02. The van der Waals surface area contributed by atoms with Gasteiger partial charge < -0.3 is 14.4 Å². The van der Waals surface area contributed by atoms with Crippen LogP contribution in [0.3, 0.4) is 0 Å². The van der Waals surface area contributed by atoms with Gasteiger partial charge in [0.05, 0.1) is 13.1 Å². The van der Waals surface area contributed by atoms with Crippen LogP contribution >= 0.6 is 0 Å². The Bertz CT molecular complexity index is 616. The van der Waals surface area contributed by atoms with E-state index < -0.39 is 6.09 Å². The molecular formula is C16H22N4O4. The van der Waals surface area contributed by atoms with Gasteiger partial charge in [0, 0.05) is 17.9 Å². The van der Waals surface area contributed by atoms with Crippen molar-refractivity contribution in [3.05, 3.63) is 17.5 Å². The van der Waals surface area contributed by atoms with Crippen LogP contribution in [0.5, 0.6) is 6.01 Å². The number of nitrogens with zero attached hydrogens (tertiary/aromatic N) is 4. The summed E-state index contributed by atoms with van der Waals surface area (Å²) in [5, 5.41) is 0. The van der Waals surface area contributed by atoms with E-state index in [-0.39, 0.29) is 18.6 Å². The highest BCUT2D eigenvalue weighted by atomic mass is 16.6. The molecule has 2 amide bonds. The molecular weight excluding hydrogens is 312 g/mol. The van der Waals surface area contributed by atoms with E-state index in [9.17, 15) is 9.59 Å². The Hall–Kier alpha value is -2.38. The minimum absolute atomic E-state index is 0.0611. The Kier molecular flexibility index (Phi) is 4.82. The van der Waals surface area contributed by atoms with Crippen molar-refractivity contribution in [2.24, 2.45) is 0 Å². The lowest BCUT2D eigenvalue weighted by atomic mass is 10.1. The fraction of sp³-hybridized carbons (Fsp3) is 0.625. The van der Waals surface area contributed by atoms with Crippen molar-refractivity contribution in [3.63, 3.8) is 0 Å². The Morgan fingerprint density at radius 1 is 1.33 bits per heavy atom. The van der Waals surface area contributed by atoms with Crippen LogP contribution in [-0.4, -0.2) is 70.7 Å². The van der Waals surface area contributed by atoms with E-state index in [0.29, 0.717) is 32.3 Å². The van der Waals surface area contributed by atoms with E-state index in [1.807, 2.05) is 19.9 Å². The summed E-state index contributed by atoms with van der Waals surface area (Å²) in [6, 6.07) is 2.24. The molecule has 0 bridgehead atoms. The first-order chi connectivity index (χ1) is 11.5. The van der Waals surface area contributed by atoms with Crippen LogP contribution in [0.1, 0.15) is 24.2 Å². The molecule has 0 aliphatic carbocycles. The zero-order valence-corrected chi connectivity index (χ0v) is 14.0. The highest BCUT2D eigenvalue weighted by Crippen LogP contribution is 2.17. The van der Waals surface area contributed by atoms with Crippen molar-refractivity contribution < 1.29 is 19.1 Å². The smallest absolute Gasteiger partial charge is 0.410 e. The van der Waals surface area contributed by atoms with Crippen molar-refractivity contribution in [2.45, 2.75) is 32.8 Å². The maximum Gasteiger partial charge on any atom is 0.410 e. The van der Waals surface area contributed by atoms with Crippen molar-refractivity contribution in [3.8, 4) is 6.01 Å². The van der Waals surface area contributed by atoms with Gasteiger partial charge in [-0.1, -0.05) is 0 Å². The predicted octanol–water partition coefficient (Wildman–Crippen LogP) is 0.915. The largest absolute Gasteiger partial charge is 0.458 e. The lowest BCUT2D eigenvalue weighted by molar-refractivity contribution is -0.134. The third kappa shape index (κ3) is 3.93. The number of hydrogen-bond acceptors (Lipinski definition) is 6. The molecule has 1 aromatic rings. The van der Waals surface area contributed by atoms with E-state index in [2.05, 4.69) is 9.97 Å². The highest BCUT2D eigenvalue weighted by molar-refractivity contribution is 5.83. The molecule has 0 saturated carbocycles. The van der Waals surface area contributed by atoms with Gasteiger partial charge in [0.1, 0.15) is 19.3 Å². The third-order valence-corrected chi connectivity index (χ3v) is 4.14. The van der Waals surface area contributed by atoms with Crippen LogP contribution in [0.15, 0.2) is 6.07 Å². The topological polar surface area (TPSA) is 84.9 Å². The van der Waals surface area contributed by atoms with Crippen molar-refractivity contribution >= 4 is 12.0 Å². The Morgan fingerprint density at radius 3 is 2.75 bits per heavy atom. The molecule has 0 unspecified atom stereocenters. The second-order valence-corrected chi connectivity index (χ2v) is 6.19. The normalized spacial score (nSPS) is 20.9. The van der Waals surface area contributed by atoms with Gasteiger partial charge in [0.2, 0.25) is 5.91 Å². The van der Waals surface area contributed by atoms with Gasteiger partial charge in [-0.15, -0.1) is 0 Å². The monoisotopic (exact) mass is 334 g/mol. The molecule has 1 atom stereocenters. The summed E-state index contributed by atoms with van der Waals surface area (Å²) in [6.45, 7) is 5.83. The van der Waals surface area contributed by atoms with Crippen LogP contribution in [-0.2, 0) is 9.53 Å². The number of rotatable bonds is 4. The average Bonchev–Trinajstić information content (AvgIpc) is 2.91. The maximum atomic E-state index is 12.4. The summed E-state index contributed by atoms with van der Waals surface area (Å²) in [4.78, 5) is 35.6. The summed E-state index contributed by atoms with van der Waals surface area (Å²) >= 11 is 0. The Labute approximate surface area is 140 Å². The molecule has 0 radical (unpaired) electrons. The van der Waals surface area contributed by atoms with Gasteiger partial charge in [-0.3, -0.25) is 9.69 Å². The van der Waals surface area contributed by atoms with Gasteiger partial charge in [-0.25, -0.2) is 14.8 Å². The fourth-order valence-electron chi connectivity index (χ4n) is 2.99. The van der Waals surface area contributed by atoms with Crippen LogP contribution in [0, 0.1) is 13.8 Å². The lowest BCUT2D eigenvalue weighted by Crippen LogP contribution is -2.48. The fourth-order valence-corrected chi connectivity index (χ4v) is 2.99. The van der Waals surface area contributed by atoms with Crippen LogP contribution < -0.4 is 4.74 Å². The zero-order chi connectivity index (χ0) is 17.1. The number of likely N-dealkylation sites (tertiary alicyclic amines) is 1. The van der Waals surface area contributed by atoms with Crippen LogP contribution in [0.4, 0.5) is 4.79 Å². The summed E-state index contributed by atoms with van der Waals surface area (Å²) in [7, 11) is 0. The van der Waals surface area contributed by atoms with E-state index in [4.69, 9.17) is 9.47 Å². The lowest BCUT2D eigenvalue weighted by Gasteiger charge is -2.33. The molecule has 2 saturated heterocycles. The SMILES string of the molecule is Cc1cc(C)nc(O[C@H]2CCCN(C(=O)CN3CCOC3=O)C2)n1. The Morgan fingerprint density at radius 2 is 2.08 bits per heavy atom. The molecule has 3 heterocycles. The molecule has 0 aromatic carbocycles. The number of cyclic esters (lactones) is 1. The van der Waals surface area contributed by atoms with Crippen molar-refractivity contribution in [2.75, 3.05) is 32.8 Å². The van der Waals surface area contributed by atoms with Crippen molar-refractivity contribution in [1.82, 2.24) is 19.8 Å². The van der Waals surface area contributed by atoms with Crippen molar-refractivity contribution in [1.29, 1.82) is 0 Å². The molecule has 0 spiro atoms. The molecule has 2 fully saturated rings. The van der Waals surface area contributed by atoms with Gasteiger partial charge in [0.15, 0.2) is 0 Å². The van der Waals surface area contributed by atoms with Gasteiger partial charge >= 0.3 is 12.1 Å². The second-order valence-electron chi connectivity index (χ2n) is 6.19. The molecule has 2 aliphatic heterocycles. The first-order valence-electron chi connectivity index (χ1n) is 8.19. The summed E-state index contributed by atoms with van der Waals surface area (Å²) in [6.07, 6.45) is 1.16. The molecule has 3 rings (SSSR count). The van der Waals surface area contributed by atoms with Gasteiger partial charge in [-0.05, 0) is 32.8 Å². The minimum Gasteiger partial charge on any atom is -0.458 e. The first-order valence-corrected chi connectivity index (χ1v) is 8.19. The van der Waals surface area contributed by atoms with Gasteiger partial charge in [0.25, 0.3) is 0 Å². The minimum atomic E-state index is -0.420. The zero-order valence-electron chi connectivity index (χ0n) is 14.0. The van der Waals surface area contributed by atoms with E-state index >= 15 is 0 Å². The summed E-state index contributed by atoms with van der Waals surface area (Å²) < 4.78 is 10.7. The number of ether oxygens (including phenoxy) is 2.